The quantitative estimate of drug-likeness (QED) is 0.758. The number of thiazole rings is 1. The van der Waals surface area contributed by atoms with Crippen molar-refractivity contribution in [2.45, 2.75) is 13.8 Å². The Hall–Kier alpha value is -1.98. The summed E-state index contributed by atoms with van der Waals surface area (Å²) in [6, 6.07) is 13.8. The molecule has 3 rings (SSSR count). The predicted octanol–water partition coefficient (Wildman–Crippen LogP) is 4.74. The lowest BCUT2D eigenvalue weighted by Gasteiger charge is -1.98. The Morgan fingerprint density at radius 2 is 1.81 bits per heavy atom. The van der Waals surface area contributed by atoms with Crippen LogP contribution in [0.3, 0.4) is 0 Å². The normalized spacial score (nSPS) is 10.6. The van der Waals surface area contributed by atoms with Crippen molar-refractivity contribution in [2.75, 3.05) is 5.32 Å². The molecule has 0 saturated heterocycles. The highest BCUT2D eigenvalue weighted by molar-refractivity contribution is 7.16. The van der Waals surface area contributed by atoms with Crippen molar-refractivity contribution in [3.05, 3.63) is 57.1 Å². The van der Waals surface area contributed by atoms with E-state index < -0.39 is 0 Å². The Balaban J connectivity index is 1.83. The molecule has 1 amide bonds. The zero-order valence-electron chi connectivity index (χ0n) is 11.7. The van der Waals surface area contributed by atoms with Crippen LogP contribution in [0.2, 0.25) is 0 Å². The van der Waals surface area contributed by atoms with Crippen molar-refractivity contribution in [1.82, 2.24) is 4.98 Å². The number of thiophene rings is 1. The molecule has 3 nitrogen and oxygen atoms in total. The van der Waals surface area contributed by atoms with Crippen molar-refractivity contribution in [2.24, 2.45) is 0 Å². The first-order valence-corrected chi connectivity index (χ1v) is 8.17. The van der Waals surface area contributed by atoms with E-state index in [0.29, 0.717) is 10.0 Å². The van der Waals surface area contributed by atoms with Crippen molar-refractivity contribution < 1.29 is 4.79 Å². The van der Waals surface area contributed by atoms with E-state index in [1.54, 1.807) is 0 Å². The number of aryl methyl sites for hydroxylation is 2. The molecule has 5 heteroatoms. The molecular weight excluding hydrogens is 300 g/mol. The van der Waals surface area contributed by atoms with E-state index in [1.807, 2.05) is 56.3 Å². The fourth-order valence-corrected chi connectivity index (χ4v) is 3.62. The van der Waals surface area contributed by atoms with Crippen molar-refractivity contribution >= 4 is 33.7 Å². The van der Waals surface area contributed by atoms with E-state index >= 15 is 0 Å². The summed E-state index contributed by atoms with van der Waals surface area (Å²) < 4.78 is 0. The van der Waals surface area contributed by atoms with Gasteiger partial charge in [-0.15, -0.1) is 22.7 Å². The smallest absolute Gasteiger partial charge is 0.267 e. The van der Waals surface area contributed by atoms with E-state index in [0.717, 1.165) is 21.0 Å². The number of carbonyl (C=O) groups excluding carboxylic acids is 1. The van der Waals surface area contributed by atoms with E-state index in [2.05, 4.69) is 10.3 Å². The van der Waals surface area contributed by atoms with Crippen LogP contribution in [-0.4, -0.2) is 10.9 Å². The van der Waals surface area contributed by atoms with Gasteiger partial charge in [0.1, 0.15) is 0 Å². The average Bonchev–Trinajstić information content (AvgIpc) is 3.06. The highest BCUT2D eigenvalue weighted by Crippen LogP contribution is 2.30. The molecule has 3 aromatic rings. The molecule has 0 spiro atoms. The summed E-state index contributed by atoms with van der Waals surface area (Å²) in [5, 5.41) is 3.52. The standard InChI is InChI=1S/C16H14N2OS2/c1-10-8-9-13(20-10)15(19)18-16-17-14(11(2)21-16)12-6-4-3-5-7-12/h3-9H,1-2H3,(H,17,18,19). The van der Waals surface area contributed by atoms with Crippen LogP contribution in [0.4, 0.5) is 5.13 Å². The van der Waals surface area contributed by atoms with Crippen LogP contribution in [-0.2, 0) is 0 Å². The van der Waals surface area contributed by atoms with Crippen LogP contribution in [0.25, 0.3) is 11.3 Å². The number of amides is 1. The summed E-state index contributed by atoms with van der Waals surface area (Å²) in [6.07, 6.45) is 0. The molecule has 1 aromatic carbocycles. The molecule has 21 heavy (non-hydrogen) atoms. The van der Waals surface area contributed by atoms with Gasteiger partial charge in [-0.3, -0.25) is 10.1 Å². The lowest BCUT2D eigenvalue weighted by atomic mass is 10.1. The number of rotatable bonds is 3. The first kappa shape index (κ1) is 14.0. The van der Waals surface area contributed by atoms with Gasteiger partial charge in [-0.05, 0) is 26.0 Å². The predicted molar refractivity (Wildman–Crippen MR) is 89.3 cm³/mol. The number of aromatic nitrogens is 1. The largest absolute Gasteiger partial charge is 0.297 e. The van der Waals surface area contributed by atoms with Gasteiger partial charge in [-0.2, -0.15) is 0 Å². The van der Waals surface area contributed by atoms with Crippen molar-refractivity contribution in [3.8, 4) is 11.3 Å². The maximum atomic E-state index is 12.2. The summed E-state index contributed by atoms with van der Waals surface area (Å²) in [7, 11) is 0. The van der Waals surface area contributed by atoms with Crippen LogP contribution in [0.5, 0.6) is 0 Å². The summed E-state index contributed by atoms with van der Waals surface area (Å²) in [4.78, 5) is 19.6. The minimum Gasteiger partial charge on any atom is -0.297 e. The van der Waals surface area contributed by atoms with Gasteiger partial charge in [0, 0.05) is 15.3 Å². The van der Waals surface area contributed by atoms with Gasteiger partial charge in [0.15, 0.2) is 5.13 Å². The third-order valence-electron chi connectivity index (χ3n) is 3.03. The van der Waals surface area contributed by atoms with E-state index in [4.69, 9.17) is 0 Å². The molecule has 0 atom stereocenters. The van der Waals surface area contributed by atoms with Crippen LogP contribution in [0.15, 0.2) is 42.5 Å². The SMILES string of the molecule is Cc1ccc(C(=O)Nc2nc(-c3ccccc3)c(C)s2)s1. The monoisotopic (exact) mass is 314 g/mol. The molecule has 2 aromatic heterocycles. The highest BCUT2D eigenvalue weighted by Gasteiger charge is 2.13. The Kier molecular flexibility index (Phi) is 3.86. The van der Waals surface area contributed by atoms with Gasteiger partial charge in [0.05, 0.1) is 10.6 Å². The molecular formula is C16H14N2OS2. The molecule has 0 fully saturated rings. The van der Waals surface area contributed by atoms with Gasteiger partial charge in [-0.1, -0.05) is 30.3 Å². The van der Waals surface area contributed by atoms with Crippen LogP contribution in [0, 0.1) is 13.8 Å². The lowest BCUT2D eigenvalue weighted by Crippen LogP contribution is -2.09. The second-order valence-corrected chi connectivity index (χ2v) is 7.15. The number of hydrogen-bond acceptors (Lipinski definition) is 4. The molecule has 0 aliphatic carbocycles. The first-order valence-electron chi connectivity index (χ1n) is 6.54. The number of anilines is 1. The van der Waals surface area contributed by atoms with Gasteiger partial charge in [0.2, 0.25) is 0 Å². The molecule has 1 N–H and O–H groups in total. The molecule has 0 aliphatic heterocycles. The summed E-state index contributed by atoms with van der Waals surface area (Å²) >= 11 is 2.99. The van der Waals surface area contributed by atoms with Gasteiger partial charge in [0.25, 0.3) is 5.91 Å². The van der Waals surface area contributed by atoms with Crippen molar-refractivity contribution in [3.63, 3.8) is 0 Å². The fourth-order valence-electron chi connectivity index (χ4n) is 2.03. The number of benzene rings is 1. The molecule has 0 unspecified atom stereocenters. The number of hydrogen-bond donors (Lipinski definition) is 1. The van der Waals surface area contributed by atoms with E-state index in [-0.39, 0.29) is 5.91 Å². The second kappa shape index (κ2) is 5.79. The summed E-state index contributed by atoms with van der Waals surface area (Å²) in [5.41, 5.74) is 2.00. The van der Waals surface area contributed by atoms with Gasteiger partial charge >= 0.3 is 0 Å². The molecule has 0 aliphatic rings. The number of carbonyl (C=O) groups is 1. The number of nitrogens with one attached hydrogen (secondary N) is 1. The summed E-state index contributed by atoms with van der Waals surface area (Å²) in [6.45, 7) is 4.01. The minimum absolute atomic E-state index is 0.0959. The lowest BCUT2D eigenvalue weighted by molar-refractivity contribution is 0.103. The van der Waals surface area contributed by atoms with Crippen LogP contribution in [0.1, 0.15) is 19.4 Å². The Morgan fingerprint density at radius 3 is 2.48 bits per heavy atom. The first-order chi connectivity index (χ1) is 10.1. The van der Waals surface area contributed by atoms with Gasteiger partial charge in [-0.25, -0.2) is 4.98 Å². The maximum absolute atomic E-state index is 12.2. The van der Waals surface area contributed by atoms with Crippen molar-refractivity contribution in [1.29, 1.82) is 0 Å². The highest BCUT2D eigenvalue weighted by atomic mass is 32.1. The van der Waals surface area contributed by atoms with E-state index in [1.165, 1.54) is 22.7 Å². The fraction of sp³-hybridized carbons (Fsp3) is 0.125. The van der Waals surface area contributed by atoms with Crippen LogP contribution >= 0.6 is 22.7 Å². The molecule has 106 valence electrons. The maximum Gasteiger partial charge on any atom is 0.267 e. The zero-order chi connectivity index (χ0) is 14.8. The molecule has 0 saturated carbocycles. The van der Waals surface area contributed by atoms with Gasteiger partial charge < -0.3 is 0 Å². The number of nitrogens with zero attached hydrogens (tertiary/aromatic N) is 1. The molecule has 0 radical (unpaired) electrons. The third kappa shape index (κ3) is 3.04. The average molecular weight is 314 g/mol. The minimum atomic E-state index is -0.0959. The molecule has 2 heterocycles. The zero-order valence-corrected chi connectivity index (χ0v) is 13.3. The Bertz CT molecular complexity index is 775. The summed E-state index contributed by atoms with van der Waals surface area (Å²) in [5.74, 6) is -0.0959. The molecule has 0 bridgehead atoms. The second-order valence-electron chi connectivity index (χ2n) is 4.65. The third-order valence-corrected chi connectivity index (χ3v) is 4.91. The van der Waals surface area contributed by atoms with Crippen LogP contribution < -0.4 is 5.32 Å². The Labute approximate surface area is 131 Å². The topological polar surface area (TPSA) is 42.0 Å². The van der Waals surface area contributed by atoms with E-state index in [9.17, 15) is 4.79 Å². The Morgan fingerprint density at radius 1 is 1.05 bits per heavy atom.